The fourth-order valence-electron chi connectivity index (χ4n) is 4.83. The first kappa shape index (κ1) is 21.3. The van der Waals surface area contributed by atoms with Crippen LogP contribution in [-0.4, -0.2) is 51.9 Å². The number of likely N-dealkylation sites (tertiary alicyclic amines) is 1. The number of Topliss-reactive ketones (excluding diaryl/α,β-unsaturated/α-hetero) is 2. The number of rotatable bonds is 7. The van der Waals surface area contributed by atoms with Gasteiger partial charge < -0.3 is 15.2 Å². The molecule has 1 aliphatic heterocycles. The molecule has 0 bridgehead atoms. The topological polar surface area (TPSA) is 99.3 Å². The fraction of sp³-hybridized carbons (Fsp3) is 0.500. The van der Waals surface area contributed by atoms with Crippen LogP contribution in [0.15, 0.2) is 30.3 Å². The first-order valence-electron chi connectivity index (χ1n) is 11.2. The Morgan fingerprint density at radius 2 is 2.00 bits per heavy atom. The maximum absolute atomic E-state index is 13.1. The molecule has 1 saturated heterocycles. The molecular weight excluding hydrogens is 394 g/mol. The summed E-state index contributed by atoms with van der Waals surface area (Å²) >= 11 is 0. The smallest absolute Gasteiger partial charge is 0.270 e. The molecule has 1 aromatic heterocycles. The Balaban J connectivity index is 1.47. The zero-order valence-electron chi connectivity index (χ0n) is 17.9. The third kappa shape index (κ3) is 4.40. The molecule has 7 heteroatoms. The Morgan fingerprint density at radius 3 is 2.71 bits per heavy atom. The minimum atomic E-state index is -0.671. The number of nitrogens with one attached hydrogen (secondary N) is 2. The highest BCUT2D eigenvalue weighted by Crippen LogP contribution is 2.27. The molecule has 4 rings (SSSR count). The van der Waals surface area contributed by atoms with Gasteiger partial charge in [0, 0.05) is 36.2 Å². The number of hydrogen-bond donors (Lipinski definition) is 2. The number of hydrogen-bond acceptors (Lipinski definition) is 4. The van der Waals surface area contributed by atoms with E-state index in [-0.39, 0.29) is 29.3 Å². The molecule has 2 fully saturated rings. The third-order valence-corrected chi connectivity index (χ3v) is 6.58. The number of fused-ring (bicyclic) bond motifs is 1. The number of amides is 2. The summed E-state index contributed by atoms with van der Waals surface area (Å²) < 4.78 is 0. The van der Waals surface area contributed by atoms with Crippen molar-refractivity contribution in [2.24, 2.45) is 5.92 Å². The normalized spacial score (nSPS) is 22.1. The van der Waals surface area contributed by atoms with Crippen LogP contribution in [0.3, 0.4) is 0 Å². The van der Waals surface area contributed by atoms with Crippen LogP contribution in [0.4, 0.5) is 0 Å². The number of carbonyl (C=O) groups excluding carboxylic acids is 4. The van der Waals surface area contributed by atoms with Crippen LogP contribution in [0.2, 0.25) is 0 Å². The maximum atomic E-state index is 13.1. The van der Waals surface area contributed by atoms with E-state index in [4.69, 9.17) is 0 Å². The Hall–Kier alpha value is -2.96. The number of para-hydroxylation sites is 1. The molecule has 1 aromatic carbocycles. The summed E-state index contributed by atoms with van der Waals surface area (Å²) in [5.74, 6) is -0.565. The summed E-state index contributed by atoms with van der Waals surface area (Å²) in [6, 6.07) is 8.18. The minimum Gasteiger partial charge on any atom is -0.351 e. The van der Waals surface area contributed by atoms with Gasteiger partial charge in [-0.25, -0.2) is 0 Å². The van der Waals surface area contributed by atoms with E-state index in [0.717, 1.165) is 30.2 Å². The quantitative estimate of drug-likeness (QED) is 0.715. The summed E-state index contributed by atoms with van der Waals surface area (Å²) in [4.78, 5) is 55.5. The van der Waals surface area contributed by atoms with Gasteiger partial charge in [-0.15, -0.1) is 0 Å². The van der Waals surface area contributed by atoms with Gasteiger partial charge in [-0.05, 0) is 44.2 Å². The Bertz CT molecular complexity index is 978. The van der Waals surface area contributed by atoms with E-state index < -0.39 is 12.1 Å². The number of carbonyl (C=O) groups is 4. The number of nitrogens with zero attached hydrogens (tertiary/aromatic N) is 1. The molecule has 1 saturated carbocycles. The molecule has 3 atom stereocenters. The van der Waals surface area contributed by atoms with Crippen molar-refractivity contribution in [3.63, 3.8) is 0 Å². The molecule has 0 spiro atoms. The summed E-state index contributed by atoms with van der Waals surface area (Å²) in [6.07, 6.45) is 4.14. The van der Waals surface area contributed by atoms with Crippen molar-refractivity contribution in [1.82, 2.24) is 15.2 Å². The summed E-state index contributed by atoms with van der Waals surface area (Å²) in [5.41, 5.74) is 1.33. The molecule has 0 radical (unpaired) electrons. The monoisotopic (exact) mass is 423 g/mol. The van der Waals surface area contributed by atoms with Gasteiger partial charge in [-0.2, -0.15) is 0 Å². The number of H-pyrrole nitrogens is 1. The summed E-state index contributed by atoms with van der Waals surface area (Å²) in [7, 11) is 0. The van der Waals surface area contributed by atoms with Crippen molar-refractivity contribution in [2.45, 2.75) is 64.0 Å². The number of ketones is 2. The van der Waals surface area contributed by atoms with Gasteiger partial charge in [0.1, 0.15) is 17.5 Å². The van der Waals surface area contributed by atoms with Crippen molar-refractivity contribution < 1.29 is 19.2 Å². The zero-order chi connectivity index (χ0) is 22.0. The molecule has 1 aliphatic carbocycles. The summed E-state index contributed by atoms with van der Waals surface area (Å²) in [6.45, 7) is 2.26. The number of benzene rings is 1. The van der Waals surface area contributed by atoms with Crippen LogP contribution >= 0.6 is 0 Å². The standard InChI is InChI=1S/C24H29N3O4/c1-2-21(28)18(14-16-8-5-11-22(16)29)26-23(30)20-10-6-12-27(20)24(31)19-13-15-7-3-4-9-17(15)25-19/h3-4,7,9,13,16,18,20,25H,2,5-6,8,10-12,14H2,1H3,(H,26,30)/t16-,18-,20-/m0/s1. The second kappa shape index (κ2) is 9.04. The second-order valence-corrected chi connectivity index (χ2v) is 8.60. The lowest BCUT2D eigenvalue weighted by molar-refractivity contribution is -0.131. The first-order chi connectivity index (χ1) is 15.0. The molecule has 7 nitrogen and oxygen atoms in total. The highest BCUT2D eigenvalue weighted by Gasteiger charge is 2.37. The lowest BCUT2D eigenvalue weighted by Gasteiger charge is -2.26. The molecule has 164 valence electrons. The molecule has 2 aliphatic rings. The Kier molecular flexibility index (Phi) is 6.20. The van der Waals surface area contributed by atoms with Crippen LogP contribution in [-0.2, 0) is 14.4 Å². The van der Waals surface area contributed by atoms with E-state index in [1.165, 1.54) is 0 Å². The predicted molar refractivity (Wildman–Crippen MR) is 117 cm³/mol. The SMILES string of the molecule is CCC(=O)[C@H](C[C@@H]1CCCC1=O)NC(=O)[C@@H]1CCCN1C(=O)c1cc2ccccc2[nH]1. The van der Waals surface area contributed by atoms with Gasteiger partial charge in [0.15, 0.2) is 5.78 Å². The highest BCUT2D eigenvalue weighted by molar-refractivity contribution is 6.01. The van der Waals surface area contributed by atoms with E-state index >= 15 is 0 Å². The van der Waals surface area contributed by atoms with Crippen LogP contribution < -0.4 is 5.32 Å². The van der Waals surface area contributed by atoms with Crippen molar-refractivity contribution in [3.05, 3.63) is 36.0 Å². The van der Waals surface area contributed by atoms with Gasteiger partial charge >= 0.3 is 0 Å². The fourth-order valence-corrected chi connectivity index (χ4v) is 4.83. The number of aromatic nitrogens is 1. The summed E-state index contributed by atoms with van der Waals surface area (Å²) in [5, 5.41) is 3.82. The van der Waals surface area contributed by atoms with Crippen molar-refractivity contribution >= 4 is 34.3 Å². The van der Waals surface area contributed by atoms with Crippen molar-refractivity contribution in [2.75, 3.05) is 6.54 Å². The van der Waals surface area contributed by atoms with Crippen molar-refractivity contribution in [1.29, 1.82) is 0 Å². The zero-order valence-corrected chi connectivity index (χ0v) is 17.9. The van der Waals surface area contributed by atoms with Gasteiger partial charge in [0.25, 0.3) is 5.91 Å². The van der Waals surface area contributed by atoms with Crippen molar-refractivity contribution in [3.8, 4) is 0 Å². The Morgan fingerprint density at radius 1 is 1.19 bits per heavy atom. The molecule has 31 heavy (non-hydrogen) atoms. The van der Waals surface area contributed by atoms with Crippen LogP contribution in [0.1, 0.15) is 62.4 Å². The average Bonchev–Trinajstić information content (AvgIpc) is 3.51. The van der Waals surface area contributed by atoms with Crippen LogP contribution in [0, 0.1) is 5.92 Å². The first-order valence-corrected chi connectivity index (χ1v) is 11.2. The van der Waals surface area contributed by atoms with Gasteiger partial charge in [-0.1, -0.05) is 25.1 Å². The van der Waals surface area contributed by atoms with Gasteiger partial charge in [0.2, 0.25) is 5.91 Å². The second-order valence-electron chi connectivity index (χ2n) is 8.60. The predicted octanol–water partition coefficient (Wildman–Crippen LogP) is 3.00. The lowest BCUT2D eigenvalue weighted by atomic mass is 9.94. The van der Waals surface area contributed by atoms with Crippen LogP contribution in [0.5, 0.6) is 0 Å². The van der Waals surface area contributed by atoms with Gasteiger partial charge in [0.05, 0.1) is 6.04 Å². The average molecular weight is 424 g/mol. The van der Waals surface area contributed by atoms with E-state index in [1.807, 2.05) is 24.3 Å². The highest BCUT2D eigenvalue weighted by atomic mass is 16.2. The number of aromatic amines is 1. The Labute approximate surface area is 181 Å². The molecule has 2 heterocycles. The molecular formula is C24H29N3O4. The maximum Gasteiger partial charge on any atom is 0.270 e. The molecule has 2 N–H and O–H groups in total. The van der Waals surface area contributed by atoms with E-state index in [1.54, 1.807) is 17.9 Å². The molecule has 2 amide bonds. The largest absolute Gasteiger partial charge is 0.351 e. The lowest BCUT2D eigenvalue weighted by Crippen LogP contribution is -2.51. The van der Waals surface area contributed by atoms with Crippen LogP contribution in [0.25, 0.3) is 10.9 Å². The third-order valence-electron chi connectivity index (χ3n) is 6.58. The minimum absolute atomic E-state index is 0.0699. The van der Waals surface area contributed by atoms with E-state index in [9.17, 15) is 19.2 Å². The van der Waals surface area contributed by atoms with E-state index in [0.29, 0.717) is 37.9 Å². The van der Waals surface area contributed by atoms with E-state index in [2.05, 4.69) is 10.3 Å². The molecule has 2 aromatic rings. The van der Waals surface area contributed by atoms with Gasteiger partial charge in [-0.3, -0.25) is 19.2 Å². The molecule has 0 unspecified atom stereocenters.